The van der Waals surface area contributed by atoms with Crippen molar-refractivity contribution in [3.8, 4) is 5.75 Å². The summed E-state index contributed by atoms with van der Waals surface area (Å²) in [6.45, 7) is 4.96. The van der Waals surface area contributed by atoms with Crippen LogP contribution in [0.5, 0.6) is 5.75 Å². The van der Waals surface area contributed by atoms with Crippen LogP contribution in [0.4, 0.5) is 0 Å². The Balaban J connectivity index is 0.00000272. The number of hydrogen-bond acceptors (Lipinski definition) is 5. The topological polar surface area (TPSA) is 85.6 Å². The van der Waals surface area contributed by atoms with Gasteiger partial charge >= 0.3 is 0 Å². The van der Waals surface area contributed by atoms with Crippen molar-refractivity contribution in [3.05, 3.63) is 41.5 Å². The first kappa shape index (κ1) is 23.8. The third kappa shape index (κ3) is 5.68. The number of ether oxygens (including phenoxy) is 2. The molecule has 0 amide bonds. The molecule has 1 aromatic heterocycles. The lowest BCUT2D eigenvalue weighted by molar-refractivity contribution is 0.177. The van der Waals surface area contributed by atoms with Crippen molar-refractivity contribution in [3.63, 3.8) is 0 Å². The zero-order valence-electron chi connectivity index (χ0n) is 18.6. The van der Waals surface area contributed by atoms with Crippen LogP contribution in [-0.2, 0) is 29.7 Å². The van der Waals surface area contributed by atoms with Crippen LogP contribution in [0.15, 0.2) is 29.3 Å². The molecule has 170 valence electrons. The van der Waals surface area contributed by atoms with E-state index in [0.717, 1.165) is 55.8 Å². The Morgan fingerprint density at radius 2 is 2.03 bits per heavy atom. The number of hydrogen-bond donors (Lipinski definition) is 2. The van der Waals surface area contributed by atoms with Crippen LogP contribution in [0, 0.1) is 0 Å². The SMILES string of the molecule is CCNC(=NCC1(c2ccc(OC)cc2)CC1)NC1CCc2nc(COC)nn2C1.I. The molecule has 1 aliphatic heterocycles. The molecule has 1 unspecified atom stereocenters. The smallest absolute Gasteiger partial charge is 0.191 e. The molecule has 2 aliphatic rings. The molecule has 0 saturated heterocycles. The summed E-state index contributed by atoms with van der Waals surface area (Å²) in [5.74, 6) is 3.57. The van der Waals surface area contributed by atoms with E-state index in [0.29, 0.717) is 6.61 Å². The molecule has 1 atom stereocenters. The van der Waals surface area contributed by atoms with Gasteiger partial charge in [0.25, 0.3) is 0 Å². The fourth-order valence-corrected chi connectivity index (χ4v) is 4.05. The Morgan fingerprint density at radius 1 is 1.26 bits per heavy atom. The van der Waals surface area contributed by atoms with E-state index in [4.69, 9.17) is 14.5 Å². The third-order valence-corrected chi connectivity index (χ3v) is 5.96. The summed E-state index contributed by atoms with van der Waals surface area (Å²) in [6.07, 6.45) is 4.27. The molecular formula is C22H33IN6O2. The molecule has 4 rings (SSSR count). The maximum atomic E-state index is 5.29. The van der Waals surface area contributed by atoms with Gasteiger partial charge in [0.05, 0.1) is 20.2 Å². The first-order valence-electron chi connectivity index (χ1n) is 10.8. The number of nitrogens with zero attached hydrogens (tertiary/aromatic N) is 4. The van der Waals surface area contributed by atoms with Gasteiger partial charge in [0.2, 0.25) is 0 Å². The quantitative estimate of drug-likeness (QED) is 0.304. The normalized spacial score (nSPS) is 19.2. The maximum Gasteiger partial charge on any atom is 0.191 e. The first-order valence-corrected chi connectivity index (χ1v) is 10.8. The summed E-state index contributed by atoms with van der Waals surface area (Å²) >= 11 is 0. The molecule has 9 heteroatoms. The molecule has 0 spiro atoms. The van der Waals surface area contributed by atoms with Crippen molar-refractivity contribution in [1.29, 1.82) is 0 Å². The highest BCUT2D eigenvalue weighted by Crippen LogP contribution is 2.48. The highest BCUT2D eigenvalue weighted by Gasteiger charge is 2.44. The van der Waals surface area contributed by atoms with E-state index in [-0.39, 0.29) is 35.4 Å². The lowest BCUT2D eigenvalue weighted by Gasteiger charge is -2.25. The Kier molecular flexibility index (Phi) is 8.15. The van der Waals surface area contributed by atoms with E-state index >= 15 is 0 Å². The monoisotopic (exact) mass is 540 g/mol. The predicted octanol–water partition coefficient (Wildman–Crippen LogP) is 2.65. The zero-order valence-corrected chi connectivity index (χ0v) is 20.9. The number of aryl methyl sites for hydroxylation is 1. The van der Waals surface area contributed by atoms with Gasteiger partial charge in [0.15, 0.2) is 11.8 Å². The van der Waals surface area contributed by atoms with Crippen molar-refractivity contribution in [1.82, 2.24) is 25.4 Å². The van der Waals surface area contributed by atoms with Gasteiger partial charge in [0.1, 0.15) is 18.2 Å². The Labute approximate surface area is 201 Å². The Bertz CT molecular complexity index is 879. The number of halogens is 1. The minimum absolute atomic E-state index is 0. The van der Waals surface area contributed by atoms with Crippen LogP contribution < -0.4 is 15.4 Å². The van der Waals surface area contributed by atoms with Gasteiger partial charge in [-0.2, -0.15) is 5.10 Å². The summed E-state index contributed by atoms with van der Waals surface area (Å²) < 4.78 is 12.4. The number of fused-ring (bicyclic) bond motifs is 1. The summed E-state index contributed by atoms with van der Waals surface area (Å²) in [6, 6.07) is 8.71. The standard InChI is InChI=1S/C22H32N6O2.HI/c1-4-23-21(24-15-22(11-12-22)16-5-8-18(30-3)9-6-16)25-17-7-10-20-26-19(14-29-2)27-28(20)13-17;/h5-6,8-9,17H,4,7,10-15H2,1-3H3,(H2,23,24,25);1H. The molecule has 0 bridgehead atoms. The molecule has 0 radical (unpaired) electrons. The summed E-state index contributed by atoms with van der Waals surface area (Å²) in [7, 11) is 3.37. The van der Waals surface area contributed by atoms with Crippen LogP contribution in [-0.4, -0.2) is 54.1 Å². The van der Waals surface area contributed by atoms with Crippen molar-refractivity contribution >= 4 is 29.9 Å². The van der Waals surface area contributed by atoms with Crippen molar-refractivity contribution < 1.29 is 9.47 Å². The molecular weight excluding hydrogens is 507 g/mol. The maximum absolute atomic E-state index is 5.29. The minimum atomic E-state index is 0. The minimum Gasteiger partial charge on any atom is -0.497 e. The lowest BCUT2D eigenvalue weighted by Crippen LogP contribution is -2.47. The van der Waals surface area contributed by atoms with Gasteiger partial charge in [-0.15, -0.1) is 24.0 Å². The average molecular weight is 540 g/mol. The Hall–Kier alpha value is -1.88. The van der Waals surface area contributed by atoms with E-state index in [1.54, 1.807) is 14.2 Å². The van der Waals surface area contributed by atoms with Crippen molar-refractivity contribution in [2.24, 2.45) is 4.99 Å². The number of methoxy groups -OCH3 is 2. The van der Waals surface area contributed by atoms with Gasteiger partial charge in [-0.05, 0) is 43.9 Å². The molecule has 31 heavy (non-hydrogen) atoms. The zero-order chi connectivity index (χ0) is 21.0. The van der Waals surface area contributed by atoms with E-state index in [1.165, 1.54) is 18.4 Å². The average Bonchev–Trinajstić information content (AvgIpc) is 3.45. The number of benzene rings is 1. The van der Waals surface area contributed by atoms with Crippen LogP contribution in [0.25, 0.3) is 0 Å². The van der Waals surface area contributed by atoms with Crippen LogP contribution in [0.3, 0.4) is 0 Å². The van der Waals surface area contributed by atoms with Gasteiger partial charge < -0.3 is 20.1 Å². The van der Waals surface area contributed by atoms with E-state index in [9.17, 15) is 0 Å². The van der Waals surface area contributed by atoms with Gasteiger partial charge in [-0.1, -0.05) is 12.1 Å². The molecule has 1 saturated carbocycles. The number of guanidine groups is 1. The van der Waals surface area contributed by atoms with Gasteiger partial charge in [0, 0.05) is 31.5 Å². The second-order valence-electron chi connectivity index (χ2n) is 8.14. The number of rotatable bonds is 8. The third-order valence-electron chi connectivity index (χ3n) is 5.96. The number of aromatic nitrogens is 3. The molecule has 2 heterocycles. The molecule has 2 aromatic rings. The second-order valence-corrected chi connectivity index (χ2v) is 8.14. The number of aliphatic imine (C=N–C) groups is 1. The first-order chi connectivity index (χ1) is 14.7. The molecule has 1 aliphatic carbocycles. The fourth-order valence-electron chi connectivity index (χ4n) is 4.05. The Morgan fingerprint density at radius 3 is 2.68 bits per heavy atom. The summed E-state index contributed by atoms with van der Waals surface area (Å²) in [4.78, 5) is 9.51. The number of nitrogens with one attached hydrogen (secondary N) is 2. The van der Waals surface area contributed by atoms with Crippen LogP contribution in [0.2, 0.25) is 0 Å². The lowest BCUT2D eigenvalue weighted by atomic mass is 9.96. The van der Waals surface area contributed by atoms with E-state index < -0.39 is 0 Å². The molecule has 1 fully saturated rings. The van der Waals surface area contributed by atoms with Crippen LogP contribution in [0.1, 0.15) is 43.4 Å². The highest BCUT2D eigenvalue weighted by molar-refractivity contribution is 14.0. The summed E-state index contributed by atoms with van der Waals surface area (Å²) in [5, 5.41) is 11.6. The predicted molar refractivity (Wildman–Crippen MR) is 131 cm³/mol. The fraction of sp³-hybridized carbons (Fsp3) is 0.591. The van der Waals surface area contributed by atoms with Gasteiger partial charge in [-0.3, -0.25) is 4.99 Å². The molecule has 1 aromatic carbocycles. The van der Waals surface area contributed by atoms with Crippen molar-refractivity contribution in [2.45, 2.75) is 57.2 Å². The largest absolute Gasteiger partial charge is 0.497 e. The van der Waals surface area contributed by atoms with Crippen molar-refractivity contribution in [2.75, 3.05) is 27.3 Å². The highest BCUT2D eigenvalue weighted by atomic mass is 127. The molecule has 2 N–H and O–H groups in total. The second kappa shape index (κ2) is 10.6. The van der Waals surface area contributed by atoms with E-state index in [2.05, 4.69) is 39.8 Å². The van der Waals surface area contributed by atoms with Crippen LogP contribution >= 0.6 is 24.0 Å². The van der Waals surface area contributed by atoms with E-state index in [1.807, 2.05) is 16.8 Å². The molecule has 8 nitrogen and oxygen atoms in total. The summed E-state index contributed by atoms with van der Waals surface area (Å²) in [5.41, 5.74) is 1.51. The van der Waals surface area contributed by atoms with Gasteiger partial charge in [-0.25, -0.2) is 9.67 Å².